The number of carbonyl (C=O) groups is 1. The average Bonchev–Trinajstić information content (AvgIpc) is 2.98. The molecule has 10 heteroatoms. The number of hydrogen-bond acceptors (Lipinski definition) is 9. The van der Waals surface area contributed by atoms with Crippen molar-refractivity contribution in [2.75, 3.05) is 41.8 Å². The summed E-state index contributed by atoms with van der Waals surface area (Å²) in [4.78, 5) is 27.6. The minimum absolute atomic E-state index is 0.121. The van der Waals surface area contributed by atoms with E-state index >= 15 is 0 Å². The number of anilines is 4. The van der Waals surface area contributed by atoms with Gasteiger partial charge >= 0.3 is 0 Å². The molecule has 0 spiro atoms. The lowest BCUT2D eigenvalue weighted by molar-refractivity contribution is 0.102. The molecule has 2 aromatic carbocycles. The summed E-state index contributed by atoms with van der Waals surface area (Å²) in [6, 6.07) is 13.7. The standard InChI is InChI=1S/C32H39N7O2S/c1-19-7-8-21(31(40)38-26-16-22(32(2,3)4)17-27(39-42-6)29(26)41-5)15-25(19)37-30-28-24(34-18-35-30)10-9-23(36-28)20-11-13-33-14-12-20/h7-10,15-18,20,33,39H,11-14H2,1-6H3,(H,38,40)(H,34,35,37). The van der Waals surface area contributed by atoms with Gasteiger partial charge in [0.25, 0.3) is 5.91 Å². The van der Waals surface area contributed by atoms with Crippen LogP contribution in [0.25, 0.3) is 11.0 Å². The van der Waals surface area contributed by atoms with E-state index in [2.05, 4.69) is 63.5 Å². The predicted octanol–water partition coefficient (Wildman–Crippen LogP) is 6.79. The van der Waals surface area contributed by atoms with Crippen LogP contribution in [-0.2, 0) is 5.41 Å². The summed E-state index contributed by atoms with van der Waals surface area (Å²) in [6.07, 6.45) is 5.61. The van der Waals surface area contributed by atoms with Crippen LogP contribution in [-0.4, -0.2) is 47.3 Å². The lowest BCUT2D eigenvalue weighted by Crippen LogP contribution is -2.27. The number of ether oxygens (including phenoxy) is 1. The molecule has 1 saturated heterocycles. The van der Waals surface area contributed by atoms with Crippen LogP contribution in [0.2, 0.25) is 0 Å². The second-order valence-electron chi connectivity index (χ2n) is 11.6. The summed E-state index contributed by atoms with van der Waals surface area (Å²) in [5.74, 6) is 1.37. The van der Waals surface area contributed by atoms with Crippen molar-refractivity contribution in [2.45, 2.75) is 51.9 Å². The number of nitrogens with zero attached hydrogens (tertiary/aromatic N) is 3. The van der Waals surface area contributed by atoms with Gasteiger partial charge in [-0.25, -0.2) is 15.0 Å². The lowest BCUT2D eigenvalue weighted by Gasteiger charge is -2.24. The summed E-state index contributed by atoms with van der Waals surface area (Å²) >= 11 is 1.47. The molecule has 3 heterocycles. The van der Waals surface area contributed by atoms with Crippen LogP contribution in [0.15, 0.2) is 48.8 Å². The number of piperidine rings is 1. The number of rotatable bonds is 8. The lowest BCUT2D eigenvalue weighted by atomic mass is 9.86. The minimum atomic E-state index is -0.239. The van der Waals surface area contributed by atoms with E-state index in [0.717, 1.165) is 65.2 Å². The third kappa shape index (κ3) is 6.44. The fraction of sp³-hybridized carbons (Fsp3) is 0.375. The molecular formula is C32H39N7O2S. The third-order valence-electron chi connectivity index (χ3n) is 7.63. The van der Waals surface area contributed by atoms with Gasteiger partial charge in [0.05, 0.1) is 24.0 Å². The highest BCUT2D eigenvalue weighted by Crippen LogP contribution is 2.40. The van der Waals surface area contributed by atoms with E-state index < -0.39 is 0 Å². The molecule has 4 N–H and O–H groups in total. The van der Waals surface area contributed by atoms with Crippen molar-refractivity contribution in [1.82, 2.24) is 20.3 Å². The molecule has 4 aromatic rings. The van der Waals surface area contributed by atoms with E-state index in [4.69, 9.17) is 9.72 Å². The van der Waals surface area contributed by atoms with Gasteiger partial charge in [0.15, 0.2) is 11.6 Å². The van der Waals surface area contributed by atoms with Crippen molar-refractivity contribution in [1.29, 1.82) is 0 Å². The Hall–Kier alpha value is -3.89. The van der Waals surface area contributed by atoms with Crippen LogP contribution < -0.4 is 25.4 Å². The quantitative estimate of drug-likeness (QED) is 0.166. The maximum Gasteiger partial charge on any atom is 0.255 e. The molecule has 1 aliphatic heterocycles. The Balaban J connectivity index is 1.45. The van der Waals surface area contributed by atoms with Gasteiger partial charge in [-0.05, 0) is 85.8 Å². The number of nitrogens with one attached hydrogen (secondary N) is 4. The number of benzene rings is 2. The Kier molecular flexibility index (Phi) is 8.84. The molecule has 5 rings (SSSR count). The predicted molar refractivity (Wildman–Crippen MR) is 173 cm³/mol. The Bertz CT molecular complexity index is 1600. The maximum absolute atomic E-state index is 13.6. The van der Waals surface area contributed by atoms with Crippen LogP contribution in [0, 0.1) is 6.92 Å². The normalized spacial score (nSPS) is 14.0. The molecule has 9 nitrogen and oxygen atoms in total. The number of carbonyl (C=O) groups excluding carboxylic acids is 1. The van der Waals surface area contributed by atoms with Gasteiger partial charge in [-0.3, -0.25) is 4.79 Å². The molecular weight excluding hydrogens is 546 g/mol. The molecule has 0 bridgehead atoms. The van der Waals surface area contributed by atoms with Crippen molar-refractivity contribution in [3.8, 4) is 5.75 Å². The maximum atomic E-state index is 13.6. The molecule has 1 aliphatic rings. The highest BCUT2D eigenvalue weighted by atomic mass is 32.2. The Morgan fingerprint density at radius 2 is 1.79 bits per heavy atom. The third-order valence-corrected chi connectivity index (χ3v) is 8.06. The fourth-order valence-corrected chi connectivity index (χ4v) is 5.54. The molecule has 0 saturated carbocycles. The van der Waals surface area contributed by atoms with Crippen LogP contribution in [0.1, 0.15) is 66.7 Å². The van der Waals surface area contributed by atoms with Crippen molar-refractivity contribution in [2.24, 2.45) is 0 Å². The zero-order chi connectivity index (χ0) is 29.9. The van der Waals surface area contributed by atoms with Crippen molar-refractivity contribution >= 4 is 51.8 Å². The first-order valence-corrected chi connectivity index (χ1v) is 15.4. The van der Waals surface area contributed by atoms with Gasteiger partial charge in [-0.1, -0.05) is 38.8 Å². The molecule has 0 unspecified atom stereocenters. The first-order chi connectivity index (χ1) is 20.2. The summed E-state index contributed by atoms with van der Waals surface area (Å²) in [5.41, 5.74) is 7.20. The van der Waals surface area contributed by atoms with Crippen LogP contribution in [0.5, 0.6) is 5.75 Å². The topological polar surface area (TPSA) is 113 Å². The first-order valence-electron chi connectivity index (χ1n) is 14.2. The number of amides is 1. The Labute approximate surface area is 251 Å². The van der Waals surface area contributed by atoms with Crippen LogP contribution >= 0.6 is 11.9 Å². The van der Waals surface area contributed by atoms with Crippen LogP contribution in [0.4, 0.5) is 22.9 Å². The van der Waals surface area contributed by atoms with Gasteiger partial charge in [0, 0.05) is 29.1 Å². The summed E-state index contributed by atoms with van der Waals surface area (Å²) < 4.78 is 9.01. The first kappa shape index (κ1) is 29.6. The van der Waals surface area contributed by atoms with E-state index in [1.165, 1.54) is 18.3 Å². The van der Waals surface area contributed by atoms with Crippen LogP contribution in [0.3, 0.4) is 0 Å². The molecule has 42 heavy (non-hydrogen) atoms. The SMILES string of the molecule is COc1c(NSC)cc(C(C)(C)C)cc1NC(=O)c1ccc(C)c(Nc2ncnc3ccc(C4CCNCC4)nc23)c1. The highest BCUT2D eigenvalue weighted by molar-refractivity contribution is 7.99. The number of fused-ring (bicyclic) bond motifs is 1. The van der Waals surface area contributed by atoms with E-state index in [1.54, 1.807) is 7.11 Å². The van der Waals surface area contributed by atoms with E-state index in [-0.39, 0.29) is 11.3 Å². The largest absolute Gasteiger partial charge is 0.492 e. The Morgan fingerprint density at radius 3 is 2.50 bits per heavy atom. The highest BCUT2D eigenvalue weighted by Gasteiger charge is 2.22. The van der Waals surface area contributed by atoms with E-state index in [9.17, 15) is 4.79 Å². The Morgan fingerprint density at radius 1 is 1.02 bits per heavy atom. The molecule has 220 valence electrons. The number of hydrogen-bond donors (Lipinski definition) is 4. The summed E-state index contributed by atoms with van der Waals surface area (Å²) in [5, 5.41) is 9.94. The van der Waals surface area contributed by atoms with E-state index in [0.29, 0.717) is 28.7 Å². The molecule has 0 aliphatic carbocycles. The van der Waals surface area contributed by atoms with Crippen molar-refractivity contribution < 1.29 is 9.53 Å². The van der Waals surface area contributed by atoms with Gasteiger partial charge in [0.2, 0.25) is 0 Å². The van der Waals surface area contributed by atoms with Gasteiger partial charge in [0.1, 0.15) is 11.8 Å². The number of pyridine rings is 1. The smallest absolute Gasteiger partial charge is 0.255 e. The monoisotopic (exact) mass is 585 g/mol. The average molecular weight is 586 g/mol. The van der Waals surface area contributed by atoms with Gasteiger partial charge in [-0.2, -0.15) is 0 Å². The molecule has 2 aromatic heterocycles. The van der Waals surface area contributed by atoms with Crippen molar-refractivity contribution in [3.05, 3.63) is 71.2 Å². The van der Waals surface area contributed by atoms with Gasteiger partial charge in [-0.15, -0.1) is 0 Å². The number of methoxy groups -OCH3 is 1. The van der Waals surface area contributed by atoms with E-state index in [1.807, 2.05) is 43.5 Å². The molecule has 1 amide bonds. The summed E-state index contributed by atoms with van der Waals surface area (Å²) in [7, 11) is 1.61. The number of aryl methyl sites for hydroxylation is 1. The fourth-order valence-electron chi connectivity index (χ4n) is 5.17. The van der Waals surface area contributed by atoms with Gasteiger partial charge < -0.3 is 25.4 Å². The molecule has 1 fully saturated rings. The van der Waals surface area contributed by atoms with Crippen molar-refractivity contribution in [3.63, 3.8) is 0 Å². The summed E-state index contributed by atoms with van der Waals surface area (Å²) in [6.45, 7) is 10.4. The second kappa shape index (κ2) is 12.5. The number of aromatic nitrogens is 3. The zero-order valence-electron chi connectivity index (χ0n) is 25.1. The molecule has 0 radical (unpaired) electrons. The minimum Gasteiger partial charge on any atom is -0.492 e. The molecule has 0 atom stereocenters. The second-order valence-corrected chi connectivity index (χ2v) is 12.2. The zero-order valence-corrected chi connectivity index (χ0v) is 25.9.